The Morgan fingerprint density at radius 2 is 0.506 bits per heavy atom. The van der Waals surface area contributed by atoms with Crippen LogP contribution in [0, 0.1) is 20.8 Å². The van der Waals surface area contributed by atoms with Gasteiger partial charge >= 0.3 is 459 Å². The van der Waals surface area contributed by atoms with Crippen LogP contribution in [0.25, 0.3) is 0 Å². The minimum absolute atomic E-state index is 0. The molecule has 0 N–H and O–H groups in total. The van der Waals surface area contributed by atoms with Crippen LogP contribution >= 0.6 is 0 Å². The first-order valence-electron chi connectivity index (χ1n) is 26.7. The van der Waals surface area contributed by atoms with Gasteiger partial charge in [-0.15, -0.1) is 0 Å². The molecule has 1 atom stereocenters. The summed E-state index contributed by atoms with van der Waals surface area (Å²) < 4.78 is 1.51. The summed E-state index contributed by atoms with van der Waals surface area (Å²) in [4.78, 5) is 0. The van der Waals surface area contributed by atoms with Gasteiger partial charge in [0.15, 0.2) is 0 Å². The van der Waals surface area contributed by atoms with Crippen molar-refractivity contribution in [2.45, 2.75) is 92.0 Å². The zero-order valence-corrected chi connectivity index (χ0v) is 50.5. The van der Waals surface area contributed by atoms with Gasteiger partial charge in [0.05, 0.1) is 0 Å². The Hall–Kier alpha value is -5.74. The minimum Gasteiger partial charge on any atom is -1.00 e. The minimum atomic E-state index is -3.62. The number of allylic oxidation sites excluding steroid dienone is 4. The van der Waals surface area contributed by atoms with Gasteiger partial charge in [-0.2, -0.15) is 0 Å². The van der Waals surface area contributed by atoms with Crippen molar-refractivity contribution in [1.82, 2.24) is 0 Å². The fourth-order valence-corrected chi connectivity index (χ4v) is 22.1. The molecule has 0 heterocycles. The third-order valence-electron chi connectivity index (χ3n) is 17.0. The maximum atomic E-state index is 2.73. The molecule has 0 saturated carbocycles. The molecule has 5 heteroatoms. The van der Waals surface area contributed by atoms with Crippen LogP contribution < -0.4 is 52.8 Å². The standard InChI is InChI=1S/C72H69Si.3ClH.Ti/c1-51-50-72(7,56(6)52(51)2)73(69-53(3)63(44-57-26-14-8-15-27-57)38-41-66(69)47-60-32-20-11-21-33-60,70-54(4)64(45-58-28-16-9-17-29-58)39-42-67(70)48-61-34-22-12-23-35-61)71-55(5)65(46-59-30-18-10-19-31-59)40-43-68(71)49-62-36-24-13-25-37-62;;;;/h8-43H,44-49H2,1-7H3;3*1H;/q;;;;+3/p-3. The van der Waals surface area contributed by atoms with Crippen molar-refractivity contribution in [2.75, 3.05) is 0 Å². The Balaban J connectivity index is 0.00000287. The molecule has 77 heavy (non-hydrogen) atoms. The van der Waals surface area contributed by atoms with E-state index < -0.39 is 13.1 Å². The second kappa shape index (κ2) is 25.8. The zero-order valence-electron chi connectivity index (χ0n) is 45.7. The molecule has 9 aromatic carbocycles. The van der Waals surface area contributed by atoms with E-state index in [1.165, 1.54) is 104 Å². The largest absolute Gasteiger partial charge is 1.00 e. The van der Waals surface area contributed by atoms with E-state index in [4.69, 9.17) is 0 Å². The molecule has 0 aromatic heterocycles. The SMILES string of the molecule is CC1=C(C)C(C)([Si](c2c(Cc3ccccc3)ccc(Cc3ccccc3)c2C)(c2c(Cc3ccccc3)ccc(Cc3ccccc3)c2C)c2c(Cc3ccccc3)ccc(Cc3ccccc3)c2C)[C]([Ti+3])=C1C.[Cl-].[Cl-].[Cl-]. The Morgan fingerprint density at radius 3 is 0.714 bits per heavy atom. The average Bonchev–Trinajstić information content (AvgIpc) is 3.71. The Labute approximate surface area is 491 Å². The van der Waals surface area contributed by atoms with E-state index in [9.17, 15) is 0 Å². The van der Waals surface area contributed by atoms with Gasteiger partial charge in [-0.3, -0.25) is 0 Å². The molecule has 9 aromatic rings. The predicted molar refractivity (Wildman–Crippen MR) is 313 cm³/mol. The van der Waals surface area contributed by atoms with Gasteiger partial charge in [0.2, 0.25) is 0 Å². The molecule has 386 valence electrons. The summed E-state index contributed by atoms with van der Waals surface area (Å²) in [5, 5.41) is 4.36. The van der Waals surface area contributed by atoms with Gasteiger partial charge in [0.25, 0.3) is 0 Å². The fourth-order valence-electron chi connectivity index (χ4n) is 12.9. The normalized spacial score (nSPS) is 14.2. The summed E-state index contributed by atoms with van der Waals surface area (Å²) >= 11 is 2.52. The maximum absolute atomic E-state index is 3.62. The zero-order chi connectivity index (χ0) is 51.4. The van der Waals surface area contributed by atoms with E-state index in [1.54, 1.807) is 15.6 Å². The van der Waals surface area contributed by atoms with Gasteiger partial charge in [0.1, 0.15) is 0 Å². The average molecular weight is 1120 g/mol. The molecule has 0 spiro atoms. The Kier molecular flexibility index (Phi) is 19.8. The van der Waals surface area contributed by atoms with Crippen LogP contribution in [0.15, 0.2) is 239 Å². The van der Waals surface area contributed by atoms with E-state index in [2.05, 4.69) is 287 Å². The van der Waals surface area contributed by atoms with Crippen LogP contribution in [-0.2, 0) is 59.0 Å². The van der Waals surface area contributed by atoms with E-state index in [0.29, 0.717) is 0 Å². The van der Waals surface area contributed by atoms with Crippen molar-refractivity contribution < 1.29 is 57.7 Å². The molecule has 1 aliphatic carbocycles. The van der Waals surface area contributed by atoms with Gasteiger partial charge in [-0.25, -0.2) is 0 Å². The van der Waals surface area contributed by atoms with Gasteiger partial charge in [0, 0.05) is 0 Å². The predicted octanol–water partition coefficient (Wildman–Crippen LogP) is 6.57. The first kappa shape index (κ1) is 58.9. The number of rotatable bonds is 16. The molecule has 0 radical (unpaired) electrons. The van der Waals surface area contributed by atoms with Crippen molar-refractivity contribution in [3.63, 3.8) is 0 Å². The number of hydrogen-bond donors (Lipinski definition) is 0. The second-order valence-electron chi connectivity index (χ2n) is 21.3. The van der Waals surface area contributed by atoms with Crippen molar-refractivity contribution in [3.8, 4) is 0 Å². The van der Waals surface area contributed by atoms with E-state index in [0.717, 1.165) is 38.5 Å². The second-order valence-corrected chi connectivity index (χ2v) is 26.0. The quantitative estimate of drug-likeness (QED) is 0.0760. The Morgan fingerprint density at radius 1 is 0.299 bits per heavy atom. The van der Waals surface area contributed by atoms with Crippen LogP contribution in [0.2, 0.25) is 5.04 Å². The van der Waals surface area contributed by atoms with Crippen LogP contribution in [0.3, 0.4) is 0 Å². The van der Waals surface area contributed by atoms with Crippen molar-refractivity contribution in [1.29, 1.82) is 0 Å². The molecular formula is C72H69Cl3SiTi. The topological polar surface area (TPSA) is 0 Å². The van der Waals surface area contributed by atoms with Crippen LogP contribution in [0.4, 0.5) is 0 Å². The molecule has 0 bridgehead atoms. The number of hydrogen-bond acceptors (Lipinski definition) is 0. The summed E-state index contributed by atoms with van der Waals surface area (Å²) in [7, 11) is -3.62. The molecule has 1 aliphatic rings. The summed E-state index contributed by atoms with van der Waals surface area (Å²) in [5.41, 5.74) is 25.3. The monoisotopic (exact) mass is 1110 g/mol. The molecule has 0 fully saturated rings. The molecular weight excluding hydrogens is 1050 g/mol. The number of halogens is 3. The summed E-state index contributed by atoms with van der Waals surface area (Å²) in [6, 6.07) is 82.7. The van der Waals surface area contributed by atoms with Crippen molar-refractivity contribution >= 4 is 23.6 Å². The van der Waals surface area contributed by atoms with Crippen LogP contribution in [0.1, 0.15) is 111 Å². The van der Waals surface area contributed by atoms with Crippen LogP contribution in [-0.4, -0.2) is 8.07 Å². The molecule has 0 amide bonds. The third kappa shape index (κ3) is 11.6. The van der Waals surface area contributed by atoms with Gasteiger partial charge < -0.3 is 37.2 Å². The summed E-state index contributed by atoms with van der Waals surface area (Å²) in [5.74, 6) is 0. The maximum Gasteiger partial charge on any atom is -1.00 e. The molecule has 0 nitrogen and oxygen atoms in total. The summed E-state index contributed by atoms with van der Waals surface area (Å²) in [6.45, 7) is 17.7. The smallest absolute Gasteiger partial charge is 1.00 e. The van der Waals surface area contributed by atoms with Gasteiger partial charge in [-0.1, -0.05) is 0 Å². The fraction of sp³-hybridized carbons (Fsp3) is 0.194. The molecule has 0 saturated heterocycles. The first-order chi connectivity index (χ1) is 36.0. The summed E-state index contributed by atoms with van der Waals surface area (Å²) in [6.07, 6.45) is 5.10. The van der Waals surface area contributed by atoms with Gasteiger partial charge in [-0.05, 0) is 0 Å². The number of benzene rings is 9. The molecule has 0 aliphatic heterocycles. The van der Waals surface area contributed by atoms with Crippen LogP contribution in [0.5, 0.6) is 0 Å². The van der Waals surface area contributed by atoms with E-state index in [1.807, 2.05) is 0 Å². The Bertz CT molecular complexity index is 3150. The molecule has 1 unspecified atom stereocenters. The molecule has 10 rings (SSSR count). The van der Waals surface area contributed by atoms with Crippen molar-refractivity contribution in [3.05, 3.63) is 322 Å². The van der Waals surface area contributed by atoms with E-state index in [-0.39, 0.29) is 37.2 Å². The van der Waals surface area contributed by atoms with Crippen molar-refractivity contribution in [2.24, 2.45) is 0 Å². The first-order valence-corrected chi connectivity index (χ1v) is 29.5. The third-order valence-corrected chi connectivity index (χ3v) is 25.3. The van der Waals surface area contributed by atoms with E-state index >= 15 is 0 Å².